The largest absolute Gasteiger partial charge is 0.418 e. The number of alkyl halides is 3. The molecule has 4 aromatic rings. The van der Waals surface area contributed by atoms with Gasteiger partial charge in [0.05, 0.1) is 47.0 Å². The summed E-state index contributed by atoms with van der Waals surface area (Å²) in [6.07, 6.45) is -1.33. The van der Waals surface area contributed by atoms with Crippen LogP contribution in [0.1, 0.15) is 17.0 Å². The number of amides is 2. The molecular weight excluding hydrogens is 529 g/mol. The molecule has 1 aromatic carbocycles. The zero-order chi connectivity index (χ0) is 28.2. The fourth-order valence-electron chi connectivity index (χ4n) is 5.32. The number of fused-ring (bicyclic) bond motifs is 2. The number of hydrogen-bond donors (Lipinski definition) is 2. The Morgan fingerprint density at radius 1 is 1.07 bits per heavy atom. The highest BCUT2D eigenvalue weighted by Gasteiger charge is 2.36. The molecule has 208 valence electrons. The molecule has 0 bridgehead atoms. The van der Waals surface area contributed by atoms with E-state index in [2.05, 4.69) is 20.3 Å². The number of halogens is 3. The molecule has 6 rings (SSSR count). The van der Waals surface area contributed by atoms with Gasteiger partial charge in [0.1, 0.15) is 0 Å². The van der Waals surface area contributed by atoms with Crippen LogP contribution in [0.2, 0.25) is 0 Å². The lowest BCUT2D eigenvalue weighted by Crippen LogP contribution is -2.52. The quantitative estimate of drug-likeness (QED) is 0.387. The molecule has 2 amide bonds. The van der Waals surface area contributed by atoms with Gasteiger partial charge >= 0.3 is 12.2 Å². The summed E-state index contributed by atoms with van der Waals surface area (Å²) in [5.41, 5.74) is 0.274. The molecule has 2 aliphatic rings. The second-order valence-corrected chi connectivity index (χ2v) is 9.82. The van der Waals surface area contributed by atoms with Crippen molar-refractivity contribution < 1.29 is 23.1 Å². The lowest BCUT2D eigenvalue weighted by Gasteiger charge is -2.36. The number of nitrogens with one attached hydrogen (secondary N) is 1. The van der Waals surface area contributed by atoms with Crippen LogP contribution in [0.25, 0.3) is 22.0 Å². The van der Waals surface area contributed by atoms with Crippen LogP contribution in [0.4, 0.5) is 23.9 Å². The molecule has 0 spiro atoms. The van der Waals surface area contributed by atoms with Crippen molar-refractivity contribution in [2.75, 3.05) is 31.1 Å². The van der Waals surface area contributed by atoms with Gasteiger partial charge in [-0.15, -0.1) is 0 Å². The number of pyridine rings is 1. The maximum absolute atomic E-state index is 13.7. The van der Waals surface area contributed by atoms with Gasteiger partial charge in [-0.25, -0.2) is 14.8 Å². The second kappa shape index (κ2) is 9.62. The summed E-state index contributed by atoms with van der Waals surface area (Å²) in [5, 5.41) is 12.6. The number of benzene rings is 1. The minimum Gasteiger partial charge on any atom is -0.390 e. The zero-order valence-corrected chi connectivity index (χ0v) is 21.4. The number of anilines is 1. The van der Waals surface area contributed by atoms with Crippen molar-refractivity contribution in [2.45, 2.75) is 25.4 Å². The molecule has 11 nitrogen and oxygen atoms in total. The van der Waals surface area contributed by atoms with E-state index in [-0.39, 0.29) is 35.6 Å². The van der Waals surface area contributed by atoms with Crippen LogP contribution in [0.3, 0.4) is 0 Å². The molecule has 40 heavy (non-hydrogen) atoms. The van der Waals surface area contributed by atoms with Gasteiger partial charge in [0.25, 0.3) is 5.56 Å². The summed E-state index contributed by atoms with van der Waals surface area (Å²) in [5.74, 6) is 0.537. The predicted octanol–water partition coefficient (Wildman–Crippen LogP) is 1.97. The molecule has 14 heteroatoms. The molecule has 2 fully saturated rings. The highest BCUT2D eigenvalue weighted by atomic mass is 19.4. The molecule has 5 heterocycles. The van der Waals surface area contributed by atoms with Crippen molar-refractivity contribution in [1.29, 1.82) is 0 Å². The summed E-state index contributed by atoms with van der Waals surface area (Å²) in [4.78, 5) is 41.7. The fraction of sp³-hybridized carbons (Fsp3) is 0.346. The van der Waals surface area contributed by atoms with E-state index >= 15 is 0 Å². The molecule has 2 aliphatic heterocycles. The Labute approximate surface area is 225 Å². The lowest BCUT2D eigenvalue weighted by molar-refractivity contribution is -0.138. The number of nitrogens with zero attached hydrogens (tertiary/aromatic N) is 7. The molecular formula is C26H25F3N8O3. The molecule has 1 atom stereocenters. The number of urea groups is 1. The van der Waals surface area contributed by atoms with E-state index in [1.807, 2.05) is 9.80 Å². The van der Waals surface area contributed by atoms with E-state index < -0.39 is 18.3 Å². The average Bonchev–Trinajstić information content (AvgIpc) is 3.44. The number of aliphatic hydroxyl groups is 1. The van der Waals surface area contributed by atoms with E-state index in [0.717, 1.165) is 12.1 Å². The first-order valence-corrected chi connectivity index (χ1v) is 12.6. The predicted molar refractivity (Wildman–Crippen MR) is 139 cm³/mol. The number of carbonyl (C=O) groups is 1. The maximum Gasteiger partial charge on any atom is 0.418 e. The topological polar surface area (TPSA) is 121 Å². The first-order chi connectivity index (χ1) is 19.1. The van der Waals surface area contributed by atoms with E-state index in [1.165, 1.54) is 16.4 Å². The Morgan fingerprint density at radius 3 is 2.58 bits per heavy atom. The monoisotopic (exact) mass is 554 g/mol. The number of hydrogen-bond acceptors (Lipinski definition) is 7. The van der Waals surface area contributed by atoms with Crippen LogP contribution >= 0.6 is 0 Å². The Hall–Kier alpha value is -4.46. The van der Waals surface area contributed by atoms with Gasteiger partial charge in [-0.2, -0.15) is 13.2 Å². The number of aliphatic hydroxyl groups excluding tert-OH is 1. The SMILES string of the molecule is Cn1c(=O)c2ccc(-c3cnc(N4CCN5C(=O)NC[C@@H]5C4)nc3)cc2n1Cc1nc(CO)ccc1C(F)(F)F. The number of piperazine rings is 1. The summed E-state index contributed by atoms with van der Waals surface area (Å²) in [6, 6.07) is 7.12. The van der Waals surface area contributed by atoms with Crippen molar-refractivity contribution in [2.24, 2.45) is 7.05 Å². The van der Waals surface area contributed by atoms with Crippen LogP contribution in [0.15, 0.2) is 47.5 Å². The summed E-state index contributed by atoms with van der Waals surface area (Å²) < 4.78 is 43.9. The first kappa shape index (κ1) is 25.8. The number of aromatic nitrogens is 5. The van der Waals surface area contributed by atoms with Gasteiger partial charge in [-0.3, -0.25) is 19.1 Å². The lowest BCUT2D eigenvalue weighted by atomic mass is 10.1. The van der Waals surface area contributed by atoms with Gasteiger partial charge in [0.2, 0.25) is 5.95 Å². The van der Waals surface area contributed by atoms with Crippen molar-refractivity contribution >= 4 is 22.9 Å². The maximum atomic E-state index is 13.7. The minimum atomic E-state index is -4.65. The molecule has 3 aromatic heterocycles. The summed E-state index contributed by atoms with van der Waals surface area (Å²) >= 11 is 0. The summed E-state index contributed by atoms with van der Waals surface area (Å²) in [6.45, 7) is 1.54. The number of carbonyl (C=O) groups excluding carboxylic acids is 1. The van der Waals surface area contributed by atoms with Gasteiger partial charge in [-0.1, -0.05) is 6.07 Å². The first-order valence-electron chi connectivity index (χ1n) is 12.6. The Balaban J connectivity index is 1.32. The highest BCUT2D eigenvalue weighted by molar-refractivity contribution is 5.84. The highest BCUT2D eigenvalue weighted by Crippen LogP contribution is 2.32. The molecule has 0 aliphatic carbocycles. The van der Waals surface area contributed by atoms with Crippen molar-refractivity contribution in [1.82, 2.24) is 34.5 Å². The third kappa shape index (κ3) is 4.43. The van der Waals surface area contributed by atoms with Crippen LogP contribution in [-0.4, -0.2) is 72.6 Å². The van der Waals surface area contributed by atoms with E-state index in [0.29, 0.717) is 54.2 Å². The fourth-order valence-corrected chi connectivity index (χ4v) is 5.32. The average molecular weight is 555 g/mol. The molecule has 0 saturated carbocycles. The Bertz CT molecular complexity index is 1660. The van der Waals surface area contributed by atoms with Gasteiger partial charge in [0.15, 0.2) is 0 Å². The smallest absolute Gasteiger partial charge is 0.390 e. The molecule has 2 saturated heterocycles. The molecule has 0 radical (unpaired) electrons. The van der Waals surface area contributed by atoms with Gasteiger partial charge in [0, 0.05) is 51.2 Å². The van der Waals surface area contributed by atoms with Crippen LogP contribution < -0.4 is 15.8 Å². The Morgan fingerprint density at radius 2 is 1.85 bits per heavy atom. The van der Waals surface area contributed by atoms with E-state index in [4.69, 9.17) is 0 Å². The van der Waals surface area contributed by atoms with E-state index in [1.54, 1.807) is 30.6 Å². The van der Waals surface area contributed by atoms with Crippen molar-refractivity contribution in [3.8, 4) is 11.1 Å². The minimum absolute atomic E-state index is 0.0535. The molecule has 0 unspecified atom stereocenters. The molecule has 2 N–H and O–H groups in total. The number of rotatable bonds is 5. The third-order valence-corrected chi connectivity index (χ3v) is 7.45. The zero-order valence-electron chi connectivity index (χ0n) is 21.4. The normalized spacial score (nSPS) is 17.4. The van der Waals surface area contributed by atoms with Gasteiger partial charge < -0.3 is 20.2 Å². The third-order valence-electron chi connectivity index (χ3n) is 7.45. The van der Waals surface area contributed by atoms with Crippen molar-refractivity contribution in [3.05, 3.63) is 70.0 Å². The second-order valence-electron chi connectivity index (χ2n) is 9.82. The van der Waals surface area contributed by atoms with Gasteiger partial charge in [-0.05, 0) is 29.8 Å². The summed E-state index contributed by atoms with van der Waals surface area (Å²) in [7, 11) is 1.48. The van der Waals surface area contributed by atoms with Crippen LogP contribution in [0, 0.1) is 0 Å². The van der Waals surface area contributed by atoms with Crippen LogP contribution in [0.5, 0.6) is 0 Å². The Kier molecular flexibility index (Phi) is 6.21. The van der Waals surface area contributed by atoms with E-state index in [9.17, 15) is 27.9 Å². The van der Waals surface area contributed by atoms with Crippen molar-refractivity contribution in [3.63, 3.8) is 0 Å². The standard InChI is InChI=1S/C26H25F3N8O3/c1-34-23(39)19-4-2-15(8-22(19)37(34)13-21-20(26(27,28)29)5-3-17(14-38)33-21)16-9-30-24(31-10-16)35-6-7-36-18(12-35)11-32-25(36)40/h2-5,8-10,18,38H,6-7,11-14H2,1H3,(H,32,40)/t18-/m1/s1. The van der Waals surface area contributed by atoms with Crippen LogP contribution in [-0.2, 0) is 26.4 Å².